The summed E-state index contributed by atoms with van der Waals surface area (Å²) in [7, 11) is 0. The molecule has 52 heavy (non-hydrogen) atoms. The zero-order valence-corrected chi connectivity index (χ0v) is 29.6. The van der Waals surface area contributed by atoms with E-state index in [-0.39, 0.29) is 41.4 Å². The molecular weight excluding hydrogens is 658 g/mol. The van der Waals surface area contributed by atoms with Gasteiger partial charge in [-0.15, -0.1) is 0 Å². The molecule has 3 saturated heterocycles. The Morgan fingerprint density at radius 2 is 1.87 bits per heavy atom. The van der Waals surface area contributed by atoms with Crippen LogP contribution in [0.25, 0.3) is 10.9 Å². The van der Waals surface area contributed by atoms with Crippen LogP contribution in [-0.4, -0.2) is 75.8 Å². The molecule has 2 aromatic carbocycles. The number of carbonyl (C=O) groups excluding carboxylic acids is 2. The molecule has 11 nitrogen and oxygen atoms in total. The first-order valence-electron chi connectivity index (χ1n) is 18.8. The van der Waals surface area contributed by atoms with Crippen molar-refractivity contribution in [3.05, 3.63) is 105 Å². The van der Waals surface area contributed by atoms with Gasteiger partial charge in [-0.2, -0.15) is 0 Å². The van der Waals surface area contributed by atoms with Crippen LogP contribution < -0.4 is 16.2 Å². The van der Waals surface area contributed by atoms with Crippen molar-refractivity contribution >= 4 is 22.8 Å². The van der Waals surface area contributed by atoms with Gasteiger partial charge >= 0.3 is 5.97 Å². The first-order valence-corrected chi connectivity index (χ1v) is 18.8. The highest BCUT2D eigenvalue weighted by atomic mass is 16.5. The highest BCUT2D eigenvalue weighted by Crippen LogP contribution is 2.42. The number of aliphatic hydroxyl groups is 1. The van der Waals surface area contributed by atoms with Gasteiger partial charge in [0.05, 0.1) is 28.3 Å². The highest BCUT2D eigenvalue weighted by molar-refractivity contribution is 5.93. The number of ether oxygens (including phenoxy) is 1. The summed E-state index contributed by atoms with van der Waals surface area (Å²) < 4.78 is 6.34. The molecule has 4 aliphatic rings. The zero-order chi connectivity index (χ0) is 36.1. The van der Waals surface area contributed by atoms with Gasteiger partial charge in [-0.3, -0.25) is 24.3 Å². The minimum atomic E-state index is -0.883. The number of H-pyrrole nitrogens is 1. The number of hydrogen-bond acceptors (Lipinski definition) is 9. The highest BCUT2D eigenvalue weighted by Gasteiger charge is 2.46. The first-order chi connectivity index (χ1) is 25.3. The van der Waals surface area contributed by atoms with Crippen molar-refractivity contribution in [2.24, 2.45) is 5.92 Å². The molecular formula is C41H49N5O6. The second-order valence-corrected chi connectivity index (χ2v) is 14.8. The normalized spacial score (nSPS) is 21.4. The largest absolute Gasteiger partial charge is 0.506 e. The number of aromatic nitrogens is 2. The van der Waals surface area contributed by atoms with E-state index >= 15 is 0 Å². The quantitative estimate of drug-likeness (QED) is 0.0986. The van der Waals surface area contributed by atoms with Crippen LogP contribution in [0.15, 0.2) is 71.7 Å². The number of piperidine rings is 3. The number of amides is 1. The number of nitrogens with zero attached hydrogens (tertiary/aromatic N) is 2. The molecule has 1 amide bonds. The lowest BCUT2D eigenvalue weighted by molar-refractivity contribution is -0.167. The predicted molar refractivity (Wildman–Crippen MR) is 198 cm³/mol. The van der Waals surface area contributed by atoms with E-state index in [1.54, 1.807) is 30.5 Å². The van der Waals surface area contributed by atoms with Gasteiger partial charge < -0.3 is 30.6 Å². The van der Waals surface area contributed by atoms with Gasteiger partial charge in [0.15, 0.2) is 0 Å². The first kappa shape index (κ1) is 35.8. The molecule has 4 fully saturated rings. The molecule has 1 aliphatic carbocycles. The Balaban J connectivity index is 0.878. The molecule has 0 spiro atoms. The number of fused-ring (bicyclic) bond motifs is 4. The van der Waals surface area contributed by atoms with Gasteiger partial charge in [0.25, 0.3) is 5.91 Å². The van der Waals surface area contributed by atoms with Gasteiger partial charge in [0.2, 0.25) is 5.56 Å². The number of carbonyl (C=O) groups is 2. The molecule has 2 atom stereocenters. The third kappa shape index (κ3) is 7.91. The molecule has 0 unspecified atom stereocenters. The number of pyridine rings is 2. The molecule has 11 heteroatoms. The zero-order valence-electron chi connectivity index (χ0n) is 29.6. The smallest absolute Gasteiger partial charge is 0.316 e. The Hall–Kier alpha value is -4.58. The van der Waals surface area contributed by atoms with Gasteiger partial charge in [0.1, 0.15) is 11.9 Å². The number of aryl methyl sites for hydroxylation is 1. The maximum absolute atomic E-state index is 13.9. The third-order valence-electron chi connectivity index (χ3n) is 11.4. The van der Waals surface area contributed by atoms with Crippen LogP contribution in [0.5, 0.6) is 5.75 Å². The summed E-state index contributed by atoms with van der Waals surface area (Å²) in [6.07, 6.45) is 9.35. The number of aromatic amines is 1. The number of aromatic hydroxyl groups is 1. The Kier molecular flexibility index (Phi) is 11.0. The van der Waals surface area contributed by atoms with Crippen LogP contribution in [0.4, 0.5) is 0 Å². The van der Waals surface area contributed by atoms with Crippen LogP contribution in [0, 0.1) is 5.92 Å². The second-order valence-electron chi connectivity index (χ2n) is 14.8. The van der Waals surface area contributed by atoms with Crippen molar-refractivity contribution in [1.82, 2.24) is 25.5 Å². The van der Waals surface area contributed by atoms with Crippen molar-refractivity contribution < 1.29 is 24.5 Å². The van der Waals surface area contributed by atoms with E-state index in [1.807, 2.05) is 0 Å². The van der Waals surface area contributed by atoms with Crippen LogP contribution >= 0.6 is 0 Å². The maximum atomic E-state index is 13.9. The Labute approximate surface area is 303 Å². The molecule has 274 valence electrons. The minimum Gasteiger partial charge on any atom is -0.506 e. The van der Waals surface area contributed by atoms with Gasteiger partial charge in [-0.1, -0.05) is 49.6 Å². The summed E-state index contributed by atoms with van der Waals surface area (Å²) in [6, 6.07) is 18.0. The van der Waals surface area contributed by atoms with Crippen LogP contribution in [0.2, 0.25) is 0 Å². The molecule has 3 aliphatic heterocycles. The molecule has 4 aromatic rings. The van der Waals surface area contributed by atoms with Crippen molar-refractivity contribution in [1.29, 1.82) is 0 Å². The maximum Gasteiger partial charge on any atom is 0.316 e. The number of rotatable bonds is 13. The SMILES string of the molecule is O=C(NCCCc1cccc(C2(C(=O)O[C@H]3CN4CCC3CC4)CCCCC2)c1)c1ccc(CNC[C@@H](O)c2ccc(O)c3[nH]c(=O)ccc23)nc1. The van der Waals surface area contributed by atoms with E-state index in [4.69, 9.17) is 4.74 Å². The summed E-state index contributed by atoms with van der Waals surface area (Å²) in [6.45, 7) is 4.22. The number of benzene rings is 2. The summed E-state index contributed by atoms with van der Waals surface area (Å²) in [5.41, 5.74) is 3.37. The van der Waals surface area contributed by atoms with E-state index in [0.29, 0.717) is 41.2 Å². The van der Waals surface area contributed by atoms with Gasteiger partial charge in [-0.05, 0) is 98.5 Å². The minimum absolute atomic E-state index is 0.0113. The van der Waals surface area contributed by atoms with E-state index in [0.717, 1.165) is 88.5 Å². The molecule has 5 N–H and O–H groups in total. The predicted octanol–water partition coefficient (Wildman–Crippen LogP) is 4.65. The molecule has 1 saturated carbocycles. The monoisotopic (exact) mass is 707 g/mol. The summed E-state index contributed by atoms with van der Waals surface area (Å²) >= 11 is 0. The summed E-state index contributed by atoms with van der Waals surface area (Å²) in [5, 5.41) is 27.7. The standard InChI is InChI=1S/C41H49N5O6/c47-34-13-11-32(33-12-14-37(49)45-38(33)34)35(48)25-42-24-31-10-9-29(23-44-31)39(50)43-19-5-7-27-6-4-8-30(22-27)41(17-2-1-3-18-41)40(51)52-36-26-46-20-15-28(36)16-21-46/h4,6,8-14,22-23,28,35-36,42,47-48H,1-3,5,7,15-21,24-26H2,(H,43,50)(H,45,49)/t35-,36+/m1/s1. The van der Waals surface area contributed by atoms with Gasteiger partial charge in [0, 0.05) is 43.8 Å². The molecule has 5 heterocycles. The second kappa shape index (κ2) is 16.0. The number of phenols is 1. The number of esters is 1. The Morgan fingerprint density at radius 1 is 1.04 bits per heavy atom. The lowest BCUT2D eigenvalue weighted by Crippen LogP contribution is -2.53. The third-order valence-corrected chi connectivity index (χ3v) is 11.4. The van der Waals surface area contributed by atoms with E-state index in [1.165, 1.54) is 12.1 Å². The number of aliphatic hydroxyl groups excluding tert-OH is 1. The average molecular weight is 708 g/mol. The molecule has 2 aromatic heterocycles. The Morgan fingerprint density at radius 3 is 2.62 bits per heavy atom. The summed E-state index contributed by atoms with van der Waals surface area (Å²) in [5.74, 6) is 0.205. The average Bonchev–Trinajstić information content (AvgIpc) is 3.18. The molecule has 8 rings (SSSR count). The Bertz CT molecular complexity index is 1930. The van der Waals surface area contributed by atoms with Crippen LogP contribution in [0.1, 0.15) is 90.2 Å². The number of nitrogens with one attached hydrogen (secondary N) is 3. The van der Waals surface area contributed by atoms with E-state index < -0.39 is 11.5 Å². The van der Waals surface area contributed by atoms with E-state index in [2.05, 4.69) is 49.8 Å². The van der Waals surface area contributed by atoms with Gasteiger partial charge in [-0.25, -0.2) is 0 Å². The van der Waals surface area contributed by atoms with Crippen molar-refractivity contribution in [3.8, 4) is 5.75 Å². The topological polar surface area (TPSA) is 157 Å². The molecule has 2 bridgehead atoms. The van der Waals surface area contributed by atoms with Crippen molar-refractivity contribution in [2.75, 3.05) is 32.7 Å². The fraction of sp³-hybridized carbons (Fsp3) is 0.463. The van der Waals surface area contributed by atoms with Crippen molar-refractivity contribution in [2.45, 2.75) is 82.0 Å². The lowest BCUT2D eigenvalue weighted by Gasteiger charge is -2.45. The fourth-order valence-electron chi connectivity index (χ4n) is 8.34. The summed E-state index contributed by atoms with van der Waals surface area (Å²) in [4.78, 5) is 48.0. The fourth-order valence-corrected chi connectivity index (χ4v) is 8.34. The van der Waals surface area contributed by atoms with Crippen LogP contribution in [-0.2, 0) is 27.9 Å². The molecule has 0 radical (unpaired) electrons. The van der Waals surface area contributed by atoms with E-state index in [9.17, 15) is 24.6 Å². The number of hydrogen-bond donors (Lipinski definition) is 5. The van der Waals surface area contributed by atoms with Crippen molar-refractivity contribution in [3.63, 3.8) is 0 Å². The van der Waals surface area contributed by atoms with Crippen LogP contribution in [0.3, 0.4) is 0 Å². The lowest BCUT2D eigenvalue weighted by atomic mass is 9.69. The number of phenolic OH excluding ortho intramolecular Hbond substituents is 1.